The Bertz CT molecular complexity index is 1030. The van der Waals surface area contributed by atoms with Crippen molar-refractivity contribution in [3.63, 3.8) is 0 Å². The number of hydrogen-bond acceptors (Lipinski definition) is 4. The van der Waals surface area contributed by atoms with E-state index in [4.69, 9.17) is 11.6 Å². The average Bonchev–Trinajstić information content (AvgIpc) is 3.04. The number of likely N-dealkylation sites (N-methyl/N-ethyl adjacent to an activating group) is 1. The van der Waals surface area contributed by atoms with E-state index >= 15 is 0 Å². The summed E-state index contributed by atoms with van der Waals surface area (Å²) < 4.78 is 0. The summed E-state index contributed by atoms with van der Waals surface area (Å²) in [7, 11) is 0. The van der Waals surface area contributed by atoms with Crippen LogP contribution in [-0.2, 0) is 15.0 Å². The molecule has 1 N–H and O–H groups in total. The number of hydrogen-bond donors (Lipinski definition) is 1. The van der Waals surface area contributed by atoms with Crippen LogP contribution in [-0.4, -0.2) is 52.8 Å². The topological polar surface area (TPSA) is 60.9 Å². The van der Waals surface area contributed by atoms with E-state index in [2.05, 4.69) is 39.5 Å². The summed E-state index contributed by atoms with van der Waals surface area (Å²) in [5.74, 6) is -1.42. The van der Waals surface area contributed by atoms with Gasteiger partial charge in [-0.15, -0.1) is 0 Å². The van der Waals surface area contributed by atoms with E-state index in [1.807, 2.05) is 24.3 Å². The molecule has 0 aromatic heterocycles. The third-order valence-corrected chi connectivity index (χ3v) is 6.55. The molecule has 0 aliphatic carbocycles. The number of carbonyl (C=O) groups is 2. The predicted molar refractivity (Wildman–Crippen MR) is 133 cm³/mol. The van der Waals surface area contributed by atoms with E-state index in [9.17, 15) is 14.7 Å². The van der Waals surface area contributed by atoms with Crippen molar-refractivity contribution in [3.05, 3.63) is 75.8 Å². The Hall–Kier alpha value is -2.63. The number of aliphatic hydroxyl groups excluding tert-OH is 1. The normalized spacial score (nSPS) is 18.4. The predicted octanol–water partition coefficient (Wildman–Crippen LogP) is 5.40. The number of halogens is 1. The molecular weight excluding hydrogens is 436 g/mol. The lowest BCUT2D eigenvalue weighted by molar-refractivity contribution is -0.140. The van der Waals surface area contributed by atoms with Crippen molar-refractivity contribution in [2.45, 2.75) is 46.1 Å². The number of amides is 1. The Morgan fingerprint density at radius 2 is 1.58 bits per heavy atom. The van der Waals surface area contributed by atoms with E-state index in [-0.39, 0.29) is 16.7 Å². The van der Waals surface area contributed by atoms with Crippen molar-refractivity contribution in [3.8, 4) is 0 Å². The van der Waals surface area contributed by atoms with Gasteiger partial charge in [-0.25, -0.2) is 0 Å². The molecule has 1 atom stereocenters. The highest BCUT2D eigenvalue weighted by molar-refractivity contribution is 6.46. The lowest BCUT2D eigenvalue weighted by Gasteiger charge is -2.28. The Morgan fingerprint density at radius 1 is 1.00 bits per heavy atom. The number of benzene rings is 2. The summed E-state index contributed by atoms with van der Waals surface area (Å²) >= 11 is 5.99. The molecule has 6 heteroatoms. The first-order valence-electron chi connectivity index (χ1n) is 11.5. The second-order valence-electron chi connectivity index (χ2n) is 9.40. The van der Waals surface area contributed by atoms with Gasteiger partial charge in [0.15, 0.2) is 0 Å². The maximum atomic E-state index is 13.1. The quantitative estimate of drug-likeness (QED) is 0.335. The minimum Gasteiger partial charge on any atom is -0.507 e. The van der Waals surface area contributed by atoms with E-state index in [0.717, 1.165) is 24.2 Å². The molecule has 0 bridgehead atoms. The standard InChI is InChI=1S/C27H33ClN2O3/c1-6-29(7-2)16-17-30-23(18-8-12-20(13-9-18)27(3,4)5)22(25(32)26(30)33)24(31)19-10-14-21(28)15-11-19/h8-15,23,31H,6-7,16-17H2,1-5H3/t23-/m1/s1. The number of ketones is 1. The lowest BCUT2D eigenvalue weighted by Crippen LogP contribution is -2.38. The van der Waals surface area contributed by atoms with Gasteiger partial charge in [0, 0.05) is 23.7 Å². The fourth-order valence-electron chi connectivity index (χ4n) is 4.17. The molecule has 33 heavy (non-hydrogen) atoms. The number of aliphatic hydroxyl groups is 1. The Labute approximate surface area is 201 Å². The maximum Gasteiger partial charge on any atom is 0.295 e. The van der Waals surface area contributed by atoms with Gasteiger partial charge in [-0.1, -0.05) is 70.5 Å². The van der Waals surface area contributed by atoms with Crippen LogP contribution < -0.4 is 0 Å². The molecule has 0 radical (unpaired) electrons. The Morgan fingerprint density at radius 3 is 2.09 bits per heavy atom. The molecule has 176 valence electrons. The zero-order valence-electron chi connectivity index (χ0n) is 20.1. The number of carbonyl (C=O) groups excluding carboxylic acids is 2. The number of likely N-dealkylation sites (tertiary alicyclic amines) is 1. The van der Waals surface area contributed by atoms with Gasteiger partial charge in [0.05, 0.1) is 11.6 Å². The van der Waals surface area contributed by atoms with Gasteiger partial charge in [-0.3, -0.25) is 9.59 Å². The summed E-state index contributed by atoms with van der Waals surface area (Å²) in [5, 5.41) is 11.7. The summed E-state index contributed by atoms with van der Waals surface area (Å²) in [5.41, 5.74) is 2.51. The first-order valence-corrected chi connectivity index (χ1v) is 11.8. The third kappa shape index (κ3) is 5.31. The van der Waals surface area contributed by atoms with Crippen LogP contribution in [0.3, 0.4) is 0 Å². The lowest BCUT2D eigenvalue weighted by atomic mass is 9.85. The molecular formula is C27H33ClN2O3. The molecule has 3 rings (SSSR count). The molecule has 0 unspecified atom stereocenters. The summed E-state index contributed by atoms with van der Waals surface area (Å²) in [6.07, 6.45) is 0. The van der Waals surface area contributed by atoms with Crippen LogP contribution in [0.5, 0.6) is 0 Å². The van der Waals surface area contributed by atoms with Crippen LogP contribution in [0.4, 0.5) is 0 Å². The monoisotopic (exact) mass is 468 g/mol. The number of Topliss-reactive ketones (excluding diaryl/α,β-unsaturated/α-hetero) is 1. The highest BCUT2D eigenvalue weighted by Crippen LogP contribution is 2.40. The van der Waals surface area contributed by atoms with Gasteiger partial charge in [-0.2, -0.15) is 0 Å². The average molecular weight is 469 g/mol. The van der Waals surface area contributed by atoms with Gasteiger partial charge in [-0.05, 0) is 53.9 Å². The molecule has 1 heterocycles. The molecule has 1 fully saturated rings. The maximum absolute atomic E-state index is 13.1. The molecule has 1 aliphatic rings. The van der Waals surface area contributed by atoms with Crippen molar-refractivity contribution >= 4 is 29.1 Å². The van der Waals surface area contributed by atoms with E-state index < -0.39 is 17.7 Å². The van der Waals surface area contributed by atoms with Crippen LogP contribution in [0, 0.1) is 0 Å². The van der Waals surface area contributed by atoms with Gasteiger partial charge >= 0.3 is 0 Å². The van der Waals surface area contributed by atoms with E-state index in [1.165, 1.54) is 0 Å². The molecule has 1 aliphatic heterocycles. The van der Waals surface area contributed by atoms with Crippen LogP contribution >= 0.6 is 11.6 Å². The SMILES string of the molecule is CCN(CC)CCN1C(=O)C(=O)C(=C(O)c2ccc(Cl)cc2)[C@H]1c1ccc(C(C)(C)C)cc1. The van der Waals surface area contributed by atoms with Crippen molar-refractivity contribution in [2.75, 3.05) is 26.2 Å². The highest BCUT2D eigenvalue weighted by Gasteiger charge is 2.46. The van der Waals surface area contributed by atoms with E-state index in [1.54, 1.807) is 29.2 Å². The van der Waals surface area contributed by atoms with Crippen molar-refractivity contribution in [1.82, 2.24) is 9.80 Å². The van der Waals surface area contributed by atoms with Crippen molar-refractivity contribution in [2.24, 2.45) is 0 Å². The number of rotatable bonds is 7. The third-order valence-electron chi connectivity index (χ3n) is 6.30. The van der Waals surface area contributed by atoms with Crippen LogP contribution in [0.25, 0.3) is 5.76 Å². The fourth-order valence-corrected chi connectivity index (χ4v) is 4.30. The second kappa shape index (κ2) is 10.1. The summed E-state index contributed by atoms with van der Waals surface area (Å²) in [4.78, 5) is 30.0. The zero-order valence-corrected chi connectivity index (χ0v) is 20.8. The molecule has 1 saturated heterocycles. The smallest absolute Gasteiger partial charge is 0.295 e. The Kier molecular flexibility index (Phi) is 7.65. The first-order chi connectivity index (χ1) is 15.6. The minimum atomic E-state index is -0.660. The minimum absolute atomic E-state index is 0.0214. The van der Waals surface area contributed by atoms with E-state index in [0.29, 0.717) is 23.7 Å². The fraction of sp³-hybridized carbons (Fsp3) is 0.407. The molecule has 1 amide bonds. The molecule has 0 saturated carbocycles. The van der Waals surface area contributed by atoms with Gasteiger partial charge in [0.1, 0.15) is 5.76 Å². The molecule has 0 spiro atoms. The summed E-state index contributed by atoms with van der Waals surface area (Å²) in [6.45, 7) is 13.3. The highest BCUT2D eigenvalue weighted by atomic mass is 35.5. The van der Waals surface area contributed by atoms with Crippen LogP contribution in [0.15, 0.2) is 54.1 Å². The number of nitrogens with zero attached hydrogens (tertiary/aromatic N) is 2. The Balaban J connectivity index is 2.10. The van der Waals surface area contributed by atoms with Crippen LogP contribution in [0.2, 0.25) is 5.02 Å². The van der Waals surface area contributed by atoms with Crippen molar-refractivity contribution < 1.29 is 14.7 Å². The molecule has 5 nitrogen and oxygen atoms in total. The zero-order chi connectivity index (χ0) is 24.3. The second-order valence-corrected chi connectivity index (χ2v) is 9.83. The van der Waals surface area contributed by atoms with Gasteiger partial charge < -0.3 is 14.9 Å². The molecule has 2 aromatic carbocycles. The van der Waals surface area contributed by atoms with Crippen molar-refractivity contribution in [1.29, 1.82) is 0 Å². The molecule has 2 aromatic rings. The van der Waals surface area contributed by atoms with Crippen LogP contribution in [0.1, 0.15) is 57.4 Å². The van der Waals surface area contributed by atoms with Gasteiger partial charge in [0.2, 0.25) is 0 Å². The summed E-state index contributed by atoms with van der Waals surface area (Å²) in [6, 6.07) is 13.9. The largest absolute Gasteiger partial charge is 0.507 e. The van der Waals surface area contributed by atoms with Gasteiger partial charge in [0.25, 0.3) is 11.7 Å². The first kappa shape index (κ1) is 25.0.